The zero-order valence-corrected chi connectivity index (χ0v) is 16.8. The third kappa shape index (κ3) is 3.94. The summed E-state index contributed by atoms with van der Waals surface area (Å²) in [5.41, 5.74) is 1.48. The molecule has 2 aromatic carbocycles. The quantitative estimate of drug-likeness (QED) is 0.461. The Labute approximate surface area is 171 Å². The van der Waals surface area contributed by atoms with Gasteiger partial charge in [0.15, 0.2) is 0 Å². The van der Waals surface area contributed by atoms with Crippen LogP contribution in [0.1, 0.15) is 20.7 Å². The van der Waals surface area contributed by atoms with E-state index in [2.05, 4.69) is 21.2 Å². The molecular weight excluding hydrogens is 461 g/mol. The number of benzene rings is 2. The van der Waals surface area contributed by atoms with Crippen LogP contribution in [0.2, 0.25) is 10.0 Å². The number of aromatic carboxylic acids is 1. The molecule has 0 aliphatic rings. The van der Waals surface area contributed by atoms with Crippen LogP contribution < -0.4 is 5.32 Å². The summed E-state index contributed by atoms with van der Waals surface area (Å²) < 4.78 is 0.693. The molecule has 0 aliphatic heterocycles. The Morgan fingerprint density at radius 2 is 1.77 bits per heavy atom. The monoisotopic (exact) mass is 469 g/mol. The lowest BCUT2D eigenvalue weighted by Crippen LogP contribution is -2.14. The van der Waals surface area contributed by atoms with Gasteiger partial charge < -0.3 is 10.4 Å². The predicted molar refractivity (Wildman–Crippen MR) is 109 cm³/mol. The van der Waals surface area contributed by atoms with Crippen molar-refractivity contribution >= 4 is 67.3 Å². The fourth-order valence-corrected chi connectivity index (χ4v) is 3.99. The molecule has 8 heteroatoms. The first-order chi connectivity index (χ1) is 12.4. The molecule has 0 fully saturated rings. The van der Waals surface area contributed by atoms with Crippen LogP contribution in [0.4, 0.5) is 5.00 Å². The Morgan fingerprint density at radius 1 is 1.08 bits per heavy atom. The first-order valence-corrected chi connectivity index (χ1v) is 9.67. The summed E-state index contributed by atoms with van der Waals surface area (Å²) in [6, 6.07) is 11.7. The minimum Gasteiger partial charge on any atom is -0.478 e. The number of carboxylic acids is 1. The summed E-state index contributed by atoms with van der Waals surface area (Å²) in [6.45, 7) is 0. The van der Waals surface area contributed by atoms with Crippen molar-refractivity contribution in [3.8, 4) is 11.1 Å². The molecule has 0 unspecified atom stereocenters. The van der Waals surface area contributed by atoms with Gasteiger partial charge in [-0.1, -0.05) is 51.3 Å². The summed E-state index contributed by atoms with van der Waals surface area (Å²) in [5.74, 6) is -1.62. The average molecular weight is 471 g/mol. The normalized spacial score (nSPS) is 10.6. The number of nitrogens with one attached hydrogen (secondary N) is 1. The van der Waals surface area contributed by atoms with Crippen LogP contribution >= 0.6 is 50.5 Å². The second-order valence-corrected chi connectivity index (χ2v) is 7.88. The van der Waals surface area contributed by atoms with Crippen molar-refractivity contribution in [2.24, 2.45) is 0 Å². The van der Waals surface area contributed by atoms with Crippen LogP contribution in [0, 0.1) is 0 Å². The van der Waals surface area contributed by atoms with E-state index in [1.54, 1.807) is 47.8 Å². The number of hydrogen-bond donors (Lipinski definition) is 2. The topological polar surface area (TPSA) is 66.4 Å². The first kappa shape index (κ1) is 18.9. The van der Waals surface area contributed by atoms with Crippen LogP contribution in [-0.4, -0.2) is 17.0 Å². The molecule has 0 radical (unpaired) electrons. The van der Waals surface area contributed by atoms with Gasteiger partial charge in [0.25, 0.3) is 5.91 Å². The summed E-state index contributed by atoms with van der Waals surface area (Å²) in [6.07, 6.45) is 0. The smallest absolute Gasteiger partial charge is 0.339 e. The molecular formula is C18H10BrCl2NO3S. The van der Waals surface area contributed by atoms with Crippen molar-refractivity contribution in [3.63, 3.8) is 0 Å². The molecule has 0 atom stereocenters. The van der Waals surface area contributed by atoms with Gasteiger partial charge in [0.05, 0.1) is 10.6 Å². The van der Waals surface area contributed by atoms with E-state index in [0.717, 1.165) is 11.3 Å². The van der Waals surface area contributed by atoms with E-state index in [9.17, 15) is 14.7 Å². The molecule has 0 saturated heterocycles. The summed E-state index contributed by atoms with van der Waals surface area (Å²) in [7, 11) is 0. The van der Waals surface area contributed by atoms with Gasteiger partial charge in [-0.3, -0.25) is 4.79 Å². The van der Waals surface area contributed by atoms with Crippen molar-refractivity contribution in [1.29, 1.82) is 0 Å². The molecule has 0 spiro atoms. The summed E-state index contributed by atoms with van der Waals surface area (Å²) >= 11 is 16.4. The van der Waals surface area contributed by atoms with E-state index in [4.69, 9.17) is 23.2 Å². The Balaban J connectivity index is 1.98. The SMILES string of the molecule is O=C(Nc1scc(-c2ccc(Cl)cc2)c1C(=O)O)c1cc(Br)ccc1Cl. The van der Waals surface area contributed by atoms with E-state index < -0.39 is 11.9 Å². The van der Waals surface area contributed by atoms with E-state index in [1.165, 1.54) is 0 Å². The molecule has 0 bridgehead atoms. The third-order valence-corrected chi connectivity index (χ3v) is 5.53. The molecule has 26 heavy (non-hydrogen) atoms. The van der Waals surface area contributed by atoms with E-state index >= 15 is 0 Å². The molecule has 3 rings (SSSR count). The maximum Gasteiger partial charge on any atom is 0.339 e. The van der Waals surface area contributed by atoms with Crippen molar-refractivity contribution in [2.75, 3.05) is 5.32 Å². The van der Waals surface area contributed by atoms with Gasteiger partial charge in [-0.2, -0.15) is 0 Å². The van der Waals surface area contributed by atoms with Gasteiger partial charge in [-0.05, 0) is 35.9 Å². The zero-order chi connectivity index (χ0) is 18.8. The predicted octanol–water partition coefficient (Wildman–Crippen LogP) is 6.43. The standard InChI is InChI=1S/C18H10BrCl2NO3S/c19-10-3-6-14(21)12(7-10)16(23)22-17-15(18(24)25)13(8-26-17)9-1-4-11(20)5-2-9/h1-8H,(H,22,23)(H,24,25). The molecule has 132 valence electrons. The number of carbonyl (C=O) groups excluding carboxylic acids is 1. The largest absolute Gasteiger partial charge is 0.478 e. The molecule has 0 aliphatic carbocycles. The Morgan fingerprint density at radius 3 is 2.42 bits per heavy atom. The van der Waals surface area contributed by atoms with Crippen molar-refractivity contribution in [1.82, 2.24) is 0 Å². The molecule has 0 saturated carbocycles. The maximum absolute atomic E-state index is 12.5. The number of amides is 1. The van der Waals surface area contributed by atoms with Crippen molar-refractivity contribution < 1.29 is 14.7 Å². The van der Waals surface area contributed by atoms with Crippen molar-refractivity contribution in [3.05, 3.63) is 73.5 Å². The number of halogens is 3. The lowest BCUT2D eigenvalue weighted by Gasteiger charge is -2.08. The average Bonchev–Trinajstić information content (AvgIpc) is 3.01. The highest BCUT2D eigenvalue weighted by molar-refractivity contribution is 9.10. The van der Waals surface area contributed by atoms with Gasteiger partial charge in [0, 0.05) is 20.4 Å². The molecule has 2 N–H and O–H groups in total. The Hall–Kier alpha value is -1.86. The van der Waals surface area contributed by atoms with Gasteiger partial charge in [0.2, 0.25) is 0 Å². The Bertz CT molecular complexity index is 1000. The first-order valence-electron chi connectivity index (χ1n) is 7.24. The van der Waals surface area contributed by atoms with Crippen LogP contribution in [0.15, 0.2) is 52.3 Å². The van der Waals surface area contributed by atoms with Gasteiger partial charge in [-0.15, -0.1) is 11.3 Å². The van der Waals surface area contributed by atoms with Gasteiger partial charge in [-0.25, -0.2) is 4.79 Å². The van der Waals surface area contributed by atoms with E-state index in [-0.39, 0.29) is 21.2 Å². The zero-order valence-electron chi connectivity index (χ0n) is 12.9. The number of carbonyl (C=O) groups is 2. The number of carboxylic acid groups (broad SMARTS) is 1. The highest BCUT2D eigenvalue weighted by Crippen LogP contribution is 2.36. The summed E-state index contributed by atoms with van der Waals surface area (Å²) in [4.78, 5) is 24.3. The van der Waals surface area contributed by atoms with E-state index in [1.807, 2.05) is 0 Å². The fourth-order valence-electron chi connectivity index (χ4n) is 2.35. The van der Waals surface area contributed by atoms with Crippen LogP contribution in [0.25, 0.3) is 11.1 Å². The minimum absolute atomic E-state index is 0.0248. The third-order valence-electron chi connectivity index (χ3n) is 3.56. The fraction of sp³-hybridized carbons (Fsp3) is 0. The molecule has 1 heterocycles. The molecule has 4 nitrogen and oxygen atoms in total. The molecule has 3 aromatic rings. The lowest BCUT2D eigenvalue weighted by atomic mass is 10.0. The van der Waals surface area contributed by atoms with Crippen molar-refractivity contribution in [2.45, 2.75) is 0 Å². The van der Waals surface area contributed by atoms with Crippen LogP contribution in [0.3, 0.4) is 0 Å². The second-order valence-electron chi connectivity index (χ2n) is 5.24. The lowest BCUT2D eigenvalue weighted by molar-refractivity contribution is 0.0699. The Kier molecular flexibility index (Phi) is 5.67. The van der Waals surface area contributed by atoms with Gasteiger partial charge in [0.1, 0.15) is 10.6 Å². The van der Waals surface area contributed by atoms with Crippen LogP contribution in [0.5, 0.6) is 0 Å². The molecule has 1 aromatic heterocycles. The number of thiophene rings is 1. The van der Waals surface area contributed by atoms with Crippen LogP contribution in [-0.2, 0) is 0 Å². The van der Waals surface area contributed by atoms with E-state index in [0.29, 0.717) is 20.6 Å². The van der Waals surface area contributed by atoms with Gasteiger partial charge >= 0.3 is 5.97 Å². The number of hydrogen-bond acceptors (Lipinski definition) is 3. The second kappa shape index (κ2) is 7.80. The summed E-state index contributed by atoms with van der Waals surface area (Å²) in [5, 5.41) is 15.0. The maximum atomic E-state index is 12.5. The number of rotatable bonds is 4. The molecule has 1 amide bonds. The number of anilines is 1. The minimum atomic E-state index is -1.13. The highest BCUT2D eigenvalue weighted by atomic mass is 79.9. The highest BCUT2D eigenvalue weighted by Gasteiger charge is 2.22.